The van der Waals surface area contributed by atoms with Crippen LogP contribution in [0.2, 0.25) is 5.02 Å². The summed E-state index contributed by atoms with van der Waals surface area (Å²) in [5.41, 5.74) is 1.34. The zero-order valence-corrected chi connectivity index (χ0v) is 19.0. The highest BCUT2D eigenvalue weighted by molar-refractivity contribution is 6.30. The van der Waals surface area contributed by atoms with Crippen molar-refractivity contribution in [1.29, 1.82) is 0 Å². The molecule has 6 heteroatoms. The van der Waals surface area contributed by atoms with Crippen molar-refractivity contribution in [2.75, 3.05) is 45.2 Å². The van der Waals surface area contributed by atoms with Crippen LogP contribution in [0.5, 0.6) is 0 Å². The third-order valence-corrected chi connectivity index (χ3v) is 7.06. The second-order valence-electron chi connectivity index (χ2n) is 8.73. The van der Waals surface area contributed by atoms with Crippen molar-refractivity contribution in [1.82, 2.24) is 14.8 Å². The lowest BCUT2D eigenvalue weighted by Crippen LogP contribution is -2.65. The van der Waals surface area contributed by atoms with Crippen LogP contribution in [0.3, 0.4) is 0 Å². The molecule has 4 rings (SSSR count). The van der Waals surface area contributed by atoms with Crippen LogP contribution in [0.25, 0.3) is 0 Å². The summed E-state index contributed by atoms with van der Waals surface area (Å²) in [6, 6.07) is 15.9. The summed E-state index contributed by atoms with van der Waals surface area (Å²) in [5.74, 6) is 1.04. The van der Waals surface area contributed by atoms with Gasteiger partial charge in [-0.05, 0) is 56.6 Å². The SMILES string of the molecule is CO[C@@H]1CN(c2ccccn2)CCC1N1C[C@H](C)N(C)C[C@@H]1Cc1ccc(Cl)cc1. The molecule has 0 amide bonds. The lowest BCUT2D eigenvalue weighted by Gasteiger charge is -2.51. The molecule has 3 heterocycles. The van der Waals surface area contributed by atoms with Gasteiger partial charge in [-0.1, -0.05) is 29.8 Å². The van der Waals surface area contributed by atoms with E-state index < -0.39 is 0 Å². The largest absolute Gasteiger partial charge is 0.378 e. The molecule has 0 bridgehead atoms. The minimum absolute atomic E-state index is 0.170. The lowest BCUT2D eigenvalue weighted by atomic mass is 9.92. The molecular formula is C24H33ClN4O. The molecule has 1 aromatic carbocycles. The van der Waals surface area contributed by atoms with Gasteiger partial charge in [-0.25, -0.2) is 4.98 Å². The number of piperidine rings is 1. The van der Waals surface area contributed by atoms with Crippen molar-refractivity contribution < 1.29 is 4.74 Å². The molecule has 2 aliphatic heterocycles. The van der Waals surface area contributed by atoms with E-state index in [2.05, 4.69) is 57.9 Å². The number of hydrogen-bond donors (Lipinski definition) is 0. The van der Waals surface area contributed by atoms with Gasteiger partial charge in [0.05, 0.1) is 6.10 Å². The highest BCUT2D eigenvalue weighted by Gasteiger charge is 2.40. The fraction of sp³-hybridized carbons (Fsp3) is 0.542. The van der Waals surface area contributed by atoms with Crippen LogP contribution in [0.4, 0.5) is 5.82 Å². The third-order valence-electron chi connectivity index (χ3n) is 6.81. The Morgan fingerprint density at radius 3 is 2.60 bits per heavy atom. The fourth-order valence-electron chi connectivity index (χ4n) is 4.96. The quantitative estimate of drug-likeness (QED) is 0.726. The molecule has 0 spiro atoms. The van der Waals surface area contributed by atoms with Crippen LogP contribution in [-0.4, -0.2) is 79.3 Å². The molecule has 2 aliphatic rings. The van der Waals surface area contributed by atoms with Crippen molar-refractivity contribution in [3.63, 3.8) is 0 Å². The number of piperazine rings is 1. The van der Waals surface area contributed by atoms with Gasteiger partial charge in [0.25, 0.3) is 0 Å². The maximum absolute atomic E-state index is 6.10. The van der Waals surface area contributed by atoms with Gasteiger partial charge >= 0.3 is 0 Å². The summed E-state index contributed by atoms with van der Waals surface area (Å²) >= 11 is 6.10. The maximum atomic E-state index is 6.10. The first-order valence-electron chi connectivity index (χ1n) is 10.9. The summed E-state index contributed by atoms with van der Waals surface area (Å²) in [5, 5.41) is 0.798. The molecule has 1 aromatic heterocycles. The van der Waals surface area contributed by atoms with Crippen LogP contribution < -0.4 is 4.90 Å². The van der Waals surface area contributed by atoms with E-state index >= 15 is 0 Å². The minimum Gasteiger partial charge on any atom is -0.378 e. The van der Waals surface area contributed by atoms with E-state index in [0.717, 1.165) is 49.9 Å². The Kier molecular flexibility index (Phi) is 6.94. The Bertz CT molecular complexity index is 803. The van der Waals surface area contributed by atoms with Crippen LogP contribution >= 0.6 is 11.6 Å². The number of halogens is 1. The van der Waals surface area contributed by atoms with Crippen LogP contribution in [-0.2, 0) is 11.2 Å². The second-order valence-corrected chi connectivity index (χ2v) is 9.17. The van der Waals surface area contributed by atoms with Crippen LogP contribution in [0.1, 0.15) is 18.9 Å². The number of pyridine rings is 1. The average Bonchev–Trinajstić information content (AvgIpc) is 2.78. The predicted octanol–water partition coefficient (Wildman–Crippen LogP) is 3.58. The van der Waals surface area contributed by atoms with Gasteiger partial charge in [0.2, 0.25) is 0 Å². The third kappa shape index (κ3) is 4.80. The van der Waals surface area contributed by atoms with Gasteiger partial charge in [0.1, 0.15) is 5.82 Å². The van der Waals surface area contributed by atoms with E-state index in [4.69, 9.17) is 16.3 Å². The Labute approximate surface area is 185 Å². The van der Waals surface area contributed by atoms with Crippen molar-refractivity contribution in [2.45, 2.75) is 44.0 Å². The van der Waals surface area contributed by atoms with Gasteiger partial charge in [-0.2, -0.15) is 0 Å². The Morgan fingerprint density at radius 2 is 1.90 bits per heavy atom. The Hall–Kier alpha value is -1.66. The molecule has 2 saturated heterocycles. The van der Waals surface area contributed by atoms with E-state index in [9.17, 15) is 0 Å². The monoisotopic (exact) mass is 428 g/mol. The molecule has 5 nitrogen and oxygen atoms in total. The lowest BCUT2D eigenvalue weighted by molar-refractivity contribution is -0.0492. The number of ether oxygens (including phenoxy) is 1. The molecule has 2 fully saturated rings. The Morgan fingerprint density at radius 1 is 1.10 bits per heavy atom. The number of aromatic nitrogens is 1. The summed E-state index contributed by atoms with van der Waals surface area (Å²) < 4.78 is 6.04. The number of methoxy groups -OCH3 is 1. The summed E-state index contributed by atoms with van der Waals surface area (Å²) in [6.07, 6.45) is 4.16. The molecular weight excluding hydrogens is 396 g/mol. The minimum atomic E-state index is 0.170. The van der Waals surface area contributed by atoms with Crippen molar-refractivity contribution >= 4 is 17.4 Å². The number of nitrogens with zero attached hydrogens (tertiary/aromatic N) is 4. The normalized spacial score (nSPS) is 28.6. The molecule has 0 saturated carbocycles. The molecule has 0 radical (unpaired) electrons. The molecule has 0 N–H and O–H groups in total. The maximum Gasteiger partial charge on any atom is 0.128 e. The summed E-state index contributed by atoms with van der Waals surface area (Å²) in [4.78, 5) is 12.1. The van der Waals surface area contributed by atoms with E-state index in [1.807, 2.05) is 31.5 Å². The summed E-state index contributed by atoms with van der Waals surface area (Å²) in [7, 11) is 4.10. The smallest absolute Gasteiger partial charge is 0.128 e. The van der Waals surface area contributed by atoms with Gasteiger partial charge in [0, 0.05) is 62.6 Å². The zero-order valence-electron chi connectivity index (χ0n) is 18.2. The first kappa shape index (κ1) is 21.6. The molecule has 30 heavy (non-hydrogen) atoms. The molecule has 0 aliphatic carbocycles. The summed E-state index contributed by atoms with van der Waals surface area (Å²) in [6.45, 7) is 6.36. The van der Waals surface area contributed by atoms with Crippen molar-refractivity contribution in [2.24, 2.45) is 0 Å². The van der Waals surface area contributed by atoms with Crippen LogP contribution in [0, 0.1) is 0 Å². The standard InChI is InChI=1S/C24H33ClN4O/c1-18-15-29(21(16-27(18)2)14-19-7-9-20(25)10-8-19)22-11-13-28(17-23(22)30-3)24-6-4-5-12-26-24/h4-10,12,18,21-23H,11,13-17H2,1-3H3/t18-,21-,22?,23+/m0/s1. The number of rotatable bonds is 5. The molecule has 4 atom stereocenters. The zero-order chi connectivity index (χ0) is 21.1. The van der Waals surface area contributed by atoms with Gasteiger partial charge in [0.15, 0.2) is 0 Å². The first-order chi connectivity index (χ1) is 14.5. The Balaban J connectivity index is 1.51. The van der Waals surface area contributed by atoms with Crippen molar-refractivity contribution in [3.8, 4) is 0 Å². The van der Waals surface area contributed by atoms with Gasteiger partial charge in [-0.3, -0.25) is 4.90 Å². The molecule has 2 aromatic rings. The molecule has 1 unspecified atom stereocenters. The topological polar surface area (TPSA) is 31.8 Å². The molecule has 162 valence electrons. The average molecular weight is 429 g/mol. The predicted molar refractivity (Wildman–Crippen MR) is 123 cm³/mol. The van der Waals surface area contributed by atoms with E-state index in [1.165, 1.54) is 5.56 Å². The van der Waals surface area contributed by atoms with Crippen LogP contribution in [0.15, 0.2) is 48.7 Å². The van der Waals surface area contributed by atoms with E-state index in [0.29, 0.717) is 18.1 Å². The fourth-order valence-corrected chi connectivity index (χ4v) is 5.08. The van der Waals surface area contributed by atoms with Gasteiger partial charge in [-0.15, -0.1) is 0 Å². The highest BCUT2D eigenvalue weighted by Crippen LogP contribution is 2.28. The number of benzene rings is 1. The number of likely N-dealkylation sites (N-methyl/N-ethyl adjacent to an activating group) is 1. The van der Waals surface area contributed by atoms with Crippen molar-refractivity contribution in [3.05, 3.63) is 59.2 Å². The van der Waals surface area contributed by atoms with E-state index in [1.54, 1.807) is 0 Å². The number of anilines is 1. The first-order valence-corrected chi connectivity index (χ1v) is 11.3. The van der Waals surface area contributed by atoms with Gasteiger partial charge < -0.3 is 14.5 Å². The second kappa shape index (κ2) is 9.65. The highest BCUT2D eigenvalue weighted by atomic mass is 35.5. The van der Waals surface area contributed by atoms with E-state index in [-0.39, 0.29) is 6.10 Å². The number of hydrogen-bond acceptors (Lipinski definition) is 5.